The van der Waals surface area contributed by atoms with Crippen molar-refractivity contribution in [2.75, 3.05) is 24.3 Å². The number of amides is 1. The third-order valence-corrected chi connectivity index (χ3v) is 6.69. The molecule has 34 heavy (non-hydrogen) atoms. The lowest BCUT2D eigenvalue weighted by atomic mass is 10.1. The van der Waals surface area contributed by atoms with Crippen LogP contribution in [0.25, 0.3) is 0 Å². The molecule has 0 aliphatic carbocycles. The smallest absolute Gasteiger partial charge is 0.265 e. The zero-order valence-corrected chi connectivity index (χ0v) is 20.5. The van der Waals surface area contributed by atoms with E-state index in [4.69, 9.17) is 14.2 Å². The summed E-state index contributed by atoms with van der Waals surface area (Å²) in [4.78, 5) is 12.6. The summed E-state index contributed by atoms with van der Waals surface area (Å²) in [6.07, 6.45) is -0.744. The summed E-state index contributed by atoms with van der Waals surface area (Å²) < 4.78 is 44.4. The molecule has 0 aliphatic rings. The van der Waals surface area contributed by atoms with Crippen LogP contribution in [0.3, 0.4) is 0 Å². The van der Waals surface area contributed by atoms with Crippen LogP contribution in [0.5, 0.6) is 17.2 Å². The molecule has 0 saturated carbocycles. The van der Waals surface area contributed by atoms with Gasteiger partial charge in [-0.15, -0.1) is 0 Å². The summed E-state index contributed by atoms with van der Waals surface area (Å²) in [5.74, 6) is 1.12. The predicted octanol–water partition coefficient (Wildman–Crippen LogP) is 4.53. The van der Waals surface area contributed by atoms with E-state index in [1.54, 1.807) is 19.1 Å². The first-order valence-electron chi connectivity index (χ1n) is 10.5. The summed E-state index contributed by atoms with van der Waals surface area (Å²) in [6, 6.07) is 16.3. The van der Waals surface area contributed by atoms with Gasteiger partial charge < -0.3 is 19.5 Å². The van der Waals surface area contributed by atoms with Gasteiger partial charge in [0.05, 0.1) is 24.8 Å². The molecular weight excluding hydrogens is 456 g/mol. The molecule has 180 valence electrons. The van der Waals surface area contributed by atoms with Gasteiger partial charge in [-0.05, 0) is 74.4 Å². The Morgan fingerprint density at radius 2 is 1.62 bits per heavy atom. The minimum atomic E-state index is -3.90. The molecule has 0 aromatic heterocycles. The van der Waals surface area contributed by atoms with Gasteiger partial charge in [0.2, 0.25) is 0 Å². The standard InChI is InChI=1S/C25H28N2O6S/c1-16-7-6-8-23(17(16)2)33-18(3)25(28)26-19-9-12-21(13-10-19)34(29,30)27-22-15-20(31-4)11-14-24(22)32-5/h6-15,18,27H,1-5H3,(H,26,28)/t18-/m0/s1. The van der Waals surface area contributed by atoms with Crippen molar-refractivity contribution in [2.24, 2.45) is 0 Å². The van der Waals surface area contributed by atoms with Crippen LogP contribution in [0.1, 0.15) is 18.1 Å². The van der Waals surface area contributed by atoms with Crippen molar-refractivity contribution < 1.29 is 27.4 Å². The lowest BCUT2D eigenvalue weighted by molar-refractivity contribution is -0.122. The number of benzene rings is 3. The number of methoxy groups -OCH3 is 2. The van der Waals surface area contributed by atoms with Gasteiger partial charge in [-0.25, -0.2) is 8.42 Å². The van der Waals surface area contributed by atoms with Crippen molar-refractivity contribution in [1.29, 1.82) is 0 Å². The first-order valence-corrected chi connectivity index (χ1v) is 12.0. The number of anilines is 2. The maximum atomic E-state index is 12.9. The van der Waals surface area contributed by atoms with Gasteiger partial charge in [0.1, 0.15) is 17.2 Å². The number of aryl methyl sites for hydroxylation is 1. The fraction of sp³-hybridized carbons (Fsp3) is 0.240. The van der Waals surface area contributed by atoms with Gasteiger partial charge in [0.15, 0.2) is 6.10 Å². The number of ether oxygens (including phenoxy) is 3. The number of rotatable bonds is 9. The zero-order chi connectivity index (χ0) is 24.9. The SMILES string of the molecule is COc1ccc(OC)c(NS(=O)(=O)c2ccc(NC(=O)[C@H](C)Oc3cccc(C)c3C)cc2)c1. The first kappa shape index (κ1) is 24.9. The molecule has 0 radical (unpaired) electrons. The summed E-state index contributed by atoms with van der Waals surface area (Å²) in [7, 11) is -0.971. The fourth-order valence-electron chi connectivity index (χ4n) is 3.15. The van der Waals surface area contributed by atoms with E-state index in [0.29, 0.717) is 22.9 Å². The van der Waals surface area contributed by atoms with E-state index >= 15 is 0 Å². The van der Waals surface area contributed by atoms with Gasteiger partial charge in [-0.1, -0.05) is 12.1 Å². The van der Waals surface area contributed by atoms with Crippen LogP contribution >= 0.6 is 0 Å². The van der Waals surface area contributed by atoms with Gasteiger partial charge >= 0.3 is 0 Å². The van der Waals surface area contributed by atoms with Crippen LogP contribution in [0.4, 0.5) is 11.4 Å². The molecule has 0 bridgehead atoms. The molecule has 0 saturated heterocycles. The normalized spacial score (nSPS) is 11.9. The van der Waals surface area contributed by atoms with Crippen LogP contribution in [-0.2, 0) is 14.8 Å². The second-order valence-electron chi connectivity index (χ2n) is 7.64. The van der Waals surface area contributed by atoms with Gasteiger partial charge in [-0.3, -0.25) is 9.52 Å². The highest BCUT2D eigenvalue weighted by Gasteiger charge is 2.19. The number of hydrogen-bond donors (Lipinski definition) is 2. The summed E-state index contributed by atoms with van der Waals surface area (Å²) in [6.45, 7) is 5.56. The molecule has 0 heterocycles. The van der Waals surface area contributed by atoms with Crippen LogP contribution in [-0.4, -0.2) is 34.6 Å². The molecule has 0 unspecified atom stereocenters. The lowest BCUT2D eigenvalue weighted by Gasteiger charge is -2.17. The molecule has 0 fully saturated rings. The Morgan fingerprint density at radius 3 is 2.26 bits per heavy atom. The van der Waals surface area contributed by atoms with E-state index in [1.807, 2.05) is 32.0 Å². The number of sulfonamides is 1. The molecule has 9 heteroatoms. The second-order valence-corrected chi connectivity index (χ2v) is 9.33. The minimum absolute atomic E-state index is 0.0232. The predicted molar refractivity (Wildman–Crippen MR) is 131 cm³/mol. The minimum Gasteiger partial charge on any atom is -0.497 e. The van der Waals surface area contributed by atoms with E-state index in [-0.39, 0.29) is 16.5 Å². The summed E-state index contributed by atoms with van der Waals surface area (Å²) in [5.41, 5.74) is 2.73. The highest BCUT2D eigenvalue weighted by molar-refractivity contribution is 7.92. The van der Waals surface area contributed by atoms with Crippen molar-refractivity contribution in [3.8, 4) is 17.2 Å². The molecular formula is C25H28N2O6S. The highest BCUT2D eigenvalue weighted by Crippen LogP contribution is 2.31. The van der Waals surface area contributed by atoms with Crippen molar-refractivity contribution in [1.82, 2.24) is 0 Å². The summed E-state index contributed by atoms with van der Waals surface area (Å²) in [5, 5.41) is 2.74. The average Bonchev–Trinajstić information content (AvgIpc) is 2.82. The number of carbonyl (C=O) groups excluding carboxylic acids is 1. The monoisotopic (exact) mass is 484 g/mol. The van der Waals surface area contributed by atoms with E-state index in [9.17, 15) is 13.2 Å². The molecule has 0 spiro atoms. The van der Waals surface area contributed by atoms with Crippen LogP contribution in [0.15, 0.2) is 65.6 Å². The third-order valence-electron chi connectivity index (χ3n) is 5.31. The van der Waals surface area contributed by atoms with E-state index < -0.39 is 16.1 Å². The van der Waals surface area contributed by atoms with Gasteiger partial charge in [-0.2, -0.15) is 0 Å². The molecule has 2 N–H and O–H groups in total. The highest BCUT2D eigenvalue weighted by atomic mass is 32.2. The largest absolute Gasteiger partial charge is 0.497 e. The quantitative estimate of drug-likeness (QED) is 0.463. The maximum absolute atomic E-state index is 12.9. The Kier molecular flexibility index (Phi) is 7.68. The molecule has 3 aromatic rings. The van der Waals surface area contributed by atoms with Gasteiger partial charge in [0.25, 0.3) is 15.9 Å². The number of carbonyl (C=O) groups is 1. The van der Waals surface area contributed by atoms with Crippen LogP contribution in [0.2, 0.25) is 0 Å². The van der Waals surface area contributed by atoms with Crippen molar-refractivity contribution in [2.45, 2.75) is 31.8 Å². The van der Waals surface area contributed by atoms with Crippen molar-refractivity contribution in [3.63, 3.8) is 0 Å². The molecule has 1 amide bonds. The van der Waals surface area contributed by atoms with Crippen LogP contribution in [0, 0.1) is 13.8 Å². The third kappa shape index (κ3) is 5.79. The molecule has 3 aromatic carbocycles. The maximum Gasteiger partial charge on any atom is 0.265 e. The first-order chi connectivity index (χ1) is 16.1. The molecule has 1 atom stereocenters. The van der Waals surface area contributed by atoms with Crippen LogP contribution < -0.4 is 24.2 Å². The Labute approximate surface area is 199 Å². The van der Waals surface area contributed by atoms with E-state index in [0.717, 1.165) is 11.1 Å². The van der Waals surface area contributed by atoms with E-state index in [2.05, 4.69) is 10.0 Å². The molecule has 8 nitrogen and oxygen atoms in total. The molecule has 0 aliphatic heterocycles. The number of nitrogens with one attached hydrogen (secondary N) is 2. The Bertz CT molecular complexity index is 1270. The average molecular weight is 485 g/mol. The number of hydrogen-bond acceptors (Lipinski definition) is 6. The zero-order valence-electron chi connectivity index (χ0n) is 19.7. The fourth-order valence-corrected chi connectivity index (χ4v) is 4.22. The summed E-state index contributed by atoms with van der Waals surface area (Å²) >= 11 is 0. The lowest BCUT2D eigenvalue weighted by Crippen LogP contribution is -2.30. The second kappa shape index (κ2) is 10.5. The van der Waals surface area contributed by atoms with Crippen molar-refractivity contribution >= 4 is 27.3 Å². The van der Waals surface area contributed by atoms with E-state index in [1.165, 1.54) is 44.6 Å². The Hall–Kier alpha value is -3.72. The topological polar surface area (TPSA) is 103 Å². The Balaban J connectivity index is 1.69. The molecule has 3 rings (SSSR count). The Morgan fingerprint density at radius 1 is 0.912 bits per heavy atom. The van der Waals surface area contributed by atoms with Gasteiger partial charge in [0, 0.05) is 11.8 Å². The van der Waals surface area contributed by atoms with Crippen molar-refractivity contribution in [3.05, 3.63) is 71.8 Å².